The summed E-state index contributed by atoms with van der Waals surface area (Å²) >= 11 is 7.70. The maximum Gasteiger partial charge on any atom is 0.266 e. The zero-order valence-corrected chi connectivity index (χ0v) is 17.7. The molecule has 8 heteroatoms. The Morgan fingerprint density at radius 3 is 2.79 bits per heavy atom. The van der Waals surface area contributed by atoms with Gasteiger partial charge in [0.05, 0.1) is 36.9 Å². The van der Waals surface area contributed by atoms with E-state index in [1.165, 1.54) is 0 Å². The van der Waals surface area contributed by atoms with Crippen LogP contribution in [0.2, 0.25) is 5.02 Å². The normalized spacial score (nSPS) is 15.0. The molecule has 0 atom stereocenters. The molecule has 1 saturated heterocycles. The number of aromatic nitrogens is 2. The molecular weight excluding hydrogens is 410 g/mol. The van der Waals surface area contributed by atoms with Gasteiger partial charge in [0, 0.05) is 30.4 Å². The molecule has 1 fully saturated rings. The molecule has 1 aliphatic rings. The van der Waals surface area contributed by atoms with E-state index >= 15 is 0 Å². The number of hydrogen-bond acceptors (Lipinski definition) is 6. The third kappa shape index (κ3) is 4.43. The number of methoxy groups -OCH3 is 1. The van der Waals surface area contributed by atoms with Crippen LogP contribution in [0.25, 0.3) is 16.6 Å². The van der Waals surface area contributed by atoms with Crippen molar-refractivity contribution < 1.29 is 9.47 Å². The van der Waals surface area contributed by atoms with Gasteiger partial charge in [-0.2, -0.15) is 0 Å². The number of para-hydroxylation sites is 2. The van der Waals surface area contributed by atoms with Crippen LogP contribution in [0.1, 0.15) is 0 Å². The molecule has 2 aromatic carbocycles. The quantitative estimate of drug-likeness (QED) is 0.440. The zero-order chi connectivity index (χ0) is 20.2. The van der Waals surface area contributed by atoms with E-state index in [2.05, 4.69) is 4.90 Å². The molecule has 3 aromatic rings. The second-order valence-corrected chi connectivity index (χ2v) is 8.17. The van der Waals surface area contributed by atoms with E-state index in [0.717, 1.165) is 38.6 Å². The minimum Gasteiger partial charge on any atom is -0.495 e. The predicted octanol–water partition coefficient (Wildman–Crippen LogP) is 3.47. The van der Waals surface area contributed by atoms with E-state index < -0.39 is 0 Å². The van der Waals surface area contributed by atoms with E-state index in [1.54, 1.807) is 41.6 Å². The lowest BCUT2D eigenvalue weighted by molar-refractivity contribution is 0.0410. The van der Waals surface area contributed by atoms with Gasteiger partial charge in [-0.05, 0) is 30.3 Å². The molecule has 0 unspecified atom stereocenters. The van der Waals surface area contributed by atoms with Crippen LogP contribution in [0.3, 0.4) is 0 Å². The second-order valence-electron chi connectivity index (χ2n) is 6.67. The second kappa shape index (κ2) is 9.17. The Bertz CT molecular complexity index is 1070. The van der Waals surface area contributed by atoms with Crippen LogP contribution < -0.4 is 10.3 Å². The molecule has 152 valence electrons. The first-order valence-electron chi connectivity index (χ1n) is 9.46. The third-order valence-corrected chi connectivity index (χ3v) is 6.02. The van der Waals surface area contributed by atoms with Crippen molar-refractivity contribution in [3.05, 3.63) is 57.8 Å². The Morgan fingerprint density at radius 2 is 2.00 bits per heavy atom. The summed E-state index contributed by atoms with van der Waals surface area (Å²) in [5, 5.41) is 1.71. The van der Waals surface area contributed by atoms with Crippen molar-refractivity contribution in [1.82, 2.24) is 14.5 Å². The lowest BCUT2D eigenvalue weighted by atomic mass is 10.2. The van der Waals surface area contributed by atoms with Gasteiger partial charge in [0.15, 0.2) is 5.16 Å². The van der Waals surface area contributed by atoms with Gasteiger partial charge in [0.1, 0.15) is 5.75 Å². The number of morpholine rings is 1. The van der Waals surface area contributed by atoms with Crippen molar-refractivity contribution >= 4 is 34.3 Å². The molecule has 4 rings (SSSR count). The predicted molar refractivity (Wildman–Crippen MR) is 117 cm³/mol. The highest BCUT2D eigenvalue weighted by Gasteiger charge is 2.17. The van der Waals surface area contributed by atoms with Crippen LogP contribution >= 0.6 is 23.4 Å². The summed E-state index contributed by atoms with van der Waals surface area (Å²) in [4.78, 5) is 20.5. The largest absolute Gasteiger partial charge is 0.495 e. The van der Waals surface area contributed by atoms with E-state index in [1.807, 2.05) is 24.3 Å². The Labute approximate surface area is 178 Å². The van der Waals surface area contributed by atoms with Crippen LogP contribution in [0.5, 0.6) is 5.75 Å². The number of nitrogens with zero attached hydrogens (tertiary/aromatic N) is 3. The molecule has 0 amide bonds. The van der Waals surface area contributed by atoms with E-state index in [-0.39, 0.29) is 5.56 Å². The summed E-state index contributed by atoms with van der Waals surface area (Å²) in [5.41, 5.74) is 1.14. The zero-order valence-electron chi connectivity index (χ0n) is 16.1. The molecule has 0 spiro atoms. The maximum atomic E-state index is 13.4. The highest BCUT2D eigenvalue weighted by molar-refractivity contribution is 7.99. The average Bonchev–Trinajstić information content (AvgIpc) is 2.74. The first-order chi connectivity index (χ1) is 14.2. The fraction of sp³-hybridized carbons (Fsp3) is 0.333. The number of halogens is 1. The summed E-state index contributed by atoms with van der Waals surface area (Å²) in [6.07, 6.45) is 0. The van der Waals surface area contributed by atoms with Gasteiger partial charge in [-0.25, -0.2) is 4.98 Å². The molecule has 0 bridgehead atoms. The Balaban J connectivity index is 1.74. The van der Waals surface area contributed by atoms with E-state index in [4.69, 9.17) is 26.1 Å². The van der Waals surface area contributed by atoms with E-state index in [0.29, 0.717) is 32.5 Å². The minimum absolute atomic E-state index is 0.134. The highest BCUT2D eigenvalue weighted by Crippen LogP contribution is 2.27. The van der Waals surface area contributed by atoms with Crippen LogP contribution in [0.15, 0.2) is 52.4 Å². The Kier molecular flexibility index (Phi) is 6.40. The van der Waals surface area contributed by atoms with Crippen LogP contribution in [-0.2, 0) is 4.74 Å². The van der Waals surface area contributed by atoms with Gasteiger partial charge in [-0.15, -0.1) is 0 Å². The molecule has 0 saturated carbocycles. The third-order valence-electron chi connectivity index (χ3n) is 4.87. The molecule has 29 heavy (non-hydrogen) atoms. The van der Waals surface area contributed by atoms with Gasteiger partial charge in [0.25, 0.3) is 5.56 Å². The fourth-order valence-electron chi connectivity index (χ4n) is 3.35. The van der Waals surface area contributed by atoms with Crippen LogP contribution in [-0.4, -0.2) is 60.2 Å². The number of fused-ring (bicyclic) bond motifs is 1. The number of rotatable bonds is 6. The summed E-state index contributed by atoms with van der Waals surface area (Å²) in [6, 6.07) is 12.7. The molecule has 0 aliphatic carbocycles. The summed E-state index contributed by atoms with van der Waals surface area (Å²) in [6.45, 7) is 4.30. The molecule has 1 aromatic heterocycles. The Morgan fingerprint density at radius 1 is 1.21 bits per heavy atom. The van der Waals surface area contributed by atoms with Gasteiger partial charge in [-0.1, -0.05) is 35.5 Å². The number of thioether (sulfide) groups is 1. The Hall–Kier alpha value is -2.06. The molecule has 1 aliphatic heterocycles. The smallest absolute Gasteiger partial charge is 0.266 e. The SMILES string of the molecule is COc1ccccc1-n1c(SCCN2CCOCC2)nc2cc(Cl)ccc2c1=O. The van der Waals surface area contributed by atoms with Crippen molar-refractivity contribution in [2.75, 3.05) is 45.7 Å². The summed E-state index contributed by atoms with van der Waals surface area (Å²) in [7, 11) is 1.60. The van der Waals surface area contributed by atoms with Gasteiger partial charge in [0.2, 0.25) is 0 Å². The number of ether oxygens (including phenoxy) is 2. The van der Waals surface area contributed by atoms with Crippen molar-refractivity contribution in [1.29, 1.82) is 0 Å². The van der Waals surface area contributed by atoms with E-state index in [9.17, 15) is 4.79 Å². The van der Waals surface area contributed by atoms with Crippen molar-refractivity contribution in [3.8, 4) is 11.4 Å². The lowest BCUT2D eigenvalue weighted by Crippen LogP contribution is -2.37. The summed E-state index contributed by atoms with van der Waals surface area (Å²) in [5.74, 6) is 1.44. The molecule has 0 radical (unpaired) electrons. The number of hydrogen-bond donors (Lipinski definition) is 0. The van der Waals surface area contributed by atoms with Crippen LogP contribution in [0.4, 0.5) is 0 Å². The molecule has 0 N–H and O–H groups in total. The number of benzene rings is 2. The first-order valence-corrected chi connectivity index (χ1v) is 10.8. The lowest BCUT2D eigenvalue weighted by Gasteiger charge is -2.26. The minimum atomic E-state index is -0.134. The first kappa shape index (κ1) is 20.2. The van der Waals surface area contributed by atoms with Crippen molar-refractivity contribution in [2.45, 2.75) is 5.16 Å². The highest BCUT2D eigenvalue weighted by atomic mass is 35.5. The van der Waals surface area contributed by atoms with Gasteiger partial charge < -0.3 is 9.47 Å². The fourth-order valence-corrected chi connectivity index (χ4v) is 4.52. The van der Waals surface area contributed by atoms with Gasteiger partial charge in [-0.3, -0.25) is 14.3 Å². The molecular formula is C21H22ClN3O3S. The monoisotopic (exact) mass is 431 g/mol. The average molecular weight is 432 g/mol. The van der Waals surface area contributed by atoms with Crippen molar-refractivity contribution in [3.63, 3.8) is 0 Å². The topological polar surface area (TPSA) is 56.6 Å². The van der Waals surface area contributed by atoms with Crippen molar-refractivity contribution in [2.24, 2.45) is 0 Å². The standard InChI is InChI=1S/C21H22ClN3O3S/c1-27-19-5-3-2-4-18(19)25-20(26)16-7-6-15(22)14-17(16)23-21(25)29-13-10-24-8-11-28-12-9-24/h2-7,14H,8-13H2,1H3. The van der Waals surface area contributed by atoms with Crippen LogP contribution in [0, 0.1) is 0 Å². The molecule has 6 nitrogen and oxygen atoms in total. The maximum absolute atomic E-state index is 13.4. The summed E-state index contributed by atoms with van der Waals surface area (Å²) < 4.78 is 12.5. The van der Waals surface area contributed by atoms with Gasteiger partial charge >= 0.3 is 0 Å². The molecule has 2 heterocycles.